The van der Waals surface area contributed by atoms with E-state index in [0.717, 1.165) is 35.5 Å². The molecule has 0 saturated heterocycles. The molecule has 0 N–H and O–H groups in total. The van der Waals surface area contributed by atoms with E-state index in [0.29, 0.717) is 0 Å². The van der Waals surface area contributed by atoms with Crippen molar-refractivity contribution in [2.75, 3.05) is 0 Å². The highest BCUT2D eigenvalue weighted by atomic mass is 14.7. The van der Waals surface area contributed by atoms with Gasteiger partial charge in [0.25, 0.3) is 0 Å². The van der Waals surface area contributed by atoms with E-state index in [1.807, 2.05) is 0 Å². The average Bonchev–Trinajstić information content (AvgIpc) is 2.85. The molecule has 0 aromatic carbocycles. The molecule has 8 aliphatic carbocycles. The van der Waals surface area contributed by atoms with Gasteiger partial charge in [-0.25, -0.2) is 0 Å². The van der Waals surface area contributed by atoms with Crippen molar-refractivity contribution in [2.24, 2.45) is 82.9 Å². The van der Waals surface area contributed by atoms with Crippen molar-refractivity contribution in [3.05, 3.63) is 0 Å². The molecule has 8 rings (SSSR count). The minimum Gasteiger partial charge on any atom is -0.0530 e. The third kappa shape index (κ3) is 2.92. The summed E-state index contributed by atoms with van der Waals surface area (Å²) in [6, 6.07) is 0. The molecule has 0 heteroatoms. The molecule has 8 fully saturated rings. The van der Waals surface area contributed by atoms with Crippen LogP contribution < -0.4 is 0 Å². The molecule has 0 bridgehead atoms. The van der Waals surface area contributed by atoms with Gasteiger partial charge in [0, 0.05) is 0 Å². The molecule has 0 heterocycles. The van der Waals surface area contributed by atoms with Crippen molar-refractivity contribution in [3.63, 3.8) is 0 Å². The third-order valence-electron chi connectivity index (χ3n) is 14.3. The van der Waals surface area contributed by atoms with Crippen LogP contribution >= 0.6 is 0 Å². The van der Waals surface area contributed by atoms with Crippen molar-refractivity contribution >= 4 is 0 Å². The molecule has 0 aromatic rings. The Labute approximate surface area is 198 Å². The van der Waals surface area contributed by atoms with E-state index < -0.39 is 0 Å². The van der Waals surface area contributed by atoms with Gasteiger partial charge in [0.1, 0.15) is 0 Å². The summed E-state index contributed by atoms with van der Waals surface area (Å²) in [5, 5.41) is 0. The van der Waals surface area contributed by atoms with Gasteiger partial charge in [-0.15, -0.1) is 0 Å². The maximum atomic E-state index is 1.70. The second-order valence-electron chi connectivity index (χ2n) is 14.9. The molecule has 32 heavy (non-hydrogen) atoms. The van der Waals surface area contributed by atoms with E-state index in [-0.39, 0.29) is 0 Å². The Morgan fingerprint density at radius 3 is 1.56 bits per heavy atom. The van der Waals surface area contributed by atoms with Crippen molar-refractivity contribution in [1.82, 2.24) is 0 Å². The van der Waals surface area contributed by atoms with Gasteiger partial charge in [-0.1, -0.05) is 44.9 Å². The Morgan fingerprint density at radius 2 is 0.750 bits per heavy atom. The highest BCUT2D eigenvalue weighted by Gasteiger charge is 2.60. The average molecular weight is 435 g/mol. The Kier molecular flexibility index (Phi) is 4.90. The predicted molar refractivity (Wildman–Crippen MR) is 132 cm³/mol. The number of fused-ring (bicyclic) bond motifs is 7. The molecular weight excluding hydrogens is 384 g/mol. The van der Waals surface area contributed by atoms with Gasteiger partial charge >= 0.3 is 0 Å². The molecule has 0 nitrogen and oxygen atoms in total. The summed E-state index contributed by atoms with van der Waals surface area (Å²) < 4.78 is 0. The van der Waals surface area contributed by atoms with E-state index >= 15 is 0 Å². The number of rotatable bonds is 0. The molecule has 0 aliphatic heterocycles. The van der Waals surface area contributed by atoms with Crippen molar-refractivity contribution in [2.45, 2.75) is 116 Å². The first-order chi connectivity index (χ1) is 15.8. The molecule has 0 spiro atoms. The fourth-order valence-electron chi connectivity index (χ4n) is 13.5. The van der Waals surface area contributed by atoms with Gasteiger partial charge in [-0.2, -0.15) is 0 Å². The number of hydrogen-bond acceptors (Lipinski definition) is 0. The largest absolute Gasteiger partial charge is 0.0530 e. The lowest BCUT2D eigenvalue weighted by molar-refractivity contribution is -0.169. The normalized spacial score (nSPS) is 60.8. The lowest BCUT2D eigenvalue weighted by Gasteiger charge is -2.66. The number of hydrogen-bond donors (Lipinski definition) is 0. The van der Waals surface area contributed by atoms with Crippen LogP contribution in [-0.4, -0.2) is 0 Å². The van der Waals surface area contributed by atoms with Crippen LogP contribution in [0.2, 0.25) is 0 Å². The fourth-order valence-corrected chi connectivity index (χ4v) is 13.5. The molecule has 0 amide bonds. The topological polar surface area (TPSA) is 0 Å². The summed E-state index contributed by atoms with van der Waals surface area (Å²) >= 11 is 0. The second kappa shape index (κ2) is 7.75. The van der Waals surface area contributed by atoms with E-state index in [4.69, 9.17) is 0 Å². The molecule has 0 radical (unpaired) electrons. The zero-order valence-electron chi connectivity index (χ0n) is 20.8. The van der Waals surface area contributed by atoms with Gasteiger partial charge in [0.05, 0.1) is 0 Å². The molecule has 8 aliphatic rings. The smallest absolute Gasteiger partial charge is 0.0321 e. The van der Waals surface area contributed by atoms with Gasteiger partial charge in [-0.3, -0.25) is 0 Å². The molecule has 178 valence electrons. The van der Waals surface area contributed by atoms with Gasteiger partial charge < -0.3 is 0 Å². The Balaban J connectivity index is 1.07. The Hall–Kier alpha value is 0. The van der Waals surface area contributed by atoms with Crippen LogP contribution in [0.5, 0.6) is 0 Å². The molecule has 8 saturated carbocycles. The van der Waals surface area contributed by atoms with Crippen LogP contribution in [-0.2, 0) is 0 Å². The Bertz CT molecular complexity index is 709. The summed E-state index contributed by atoms with van der Waals surface area (Å²) in [6.07, 6.45) is 29.3. The minimum absolute atomic E-state index is 1.15. The fraction of sp³-hybridized carbons (Fsp3) is 1.00. The predicted octanol–water partition coefficient (Wildman–Crippen LogP) is 8.74. The molecular formula is C32H50. The van der Waals surface area contributed by atoms with Crippen LogP contribution in [0, 0.1) is 82.9 Å². The van der Waals surface area contributed by atoms with Crippen LogP contribution in [0.1, 0.15) is 116 Å². The van der Waals surface area contributed by atoms with Crippen LogP contribution in [0.25, 0.3) is 0 Å². The summed E-state index contributed by atoms with van der Waals surface area (Å²) in [4.78, 5) is 0. The van der Waals surface area contributed by atoms with E-state index in [2.05, 4.69) is 0 Å². The molecule has 14 unspecified atom stereocenters. The first-order valence-electron chi connectivity index (χ1n) is 15.8. The van der Waals surface area contributed by atoms with E-state index in [1.165, 1.54) is 47.3 Å². The van der Waals surface area contributed by atoms with Crippen LogP contribution in [0.4, 0.5) is 0 Å². The summed E-state index contributed by atoms with van der Waals surface area (Å²) in [5.74, 6) is 16.3. The summed E-state index contributed by atoms with van der Waals surface area (Å²) in [6.45, 7) is 0. The van der Waals surface area contributed by atoms with Gasteiger partial charge in [0.15, 0.2) is 0 Å². The standard InChI is InChI=1S/C32H50/c1-2-6-20-17-29-22(15-19(20)5-1)9-12-26-28-14-10-23-16-21-7-3-4-8-25(21)27-13-11-24(18-30(26)29)32(28)31(23)27/h19-32H,1-18H2. The minimum atomic E-state index is 1.15. The van der Waals surface area contributed by atoms with Gasteiger partial charge in [0.2, 0.25) is 0 Å². The van der Waals surface area contributed by atoms with E-state index in [9.17, 15) is 0 Å². The highest BCUT2D eigenvalue weighted by molar-refractivity contribution is 5.09. The first-order valence-corrected chi connectivity index (χ1v) is 15.8. The molecule has 0 aromatic heterocycles. The lowest BCUT2D eigenvalue weighted by atomic mass is 9.39. The van der Waals surface area contributed by atoms with Crippen LogP contribution in [0.15, 0.2) is 0 Å². The summed E-state index contributed by atoms with van der Waals surface area (Å²) in [5.41, 5.74) is 0. The lowest BCUT2D eigenvalue weighted by Crippen LogP contribution is -2.59. The van der Waals surface area contributed by atoms with Crippen molar-refractivity contribution < 1.29 is 0 Å². The Morgan fingerprint density at radius 1 is 0.250 bits per heavy atom. The SMILES string of the molecule is C1CCC2CC3C(CCC4C3CC3CCC5C6CCCCC6CC6CCC4C3C65)CC2C1. The molecule has 14 atom stereocenters. The zero-order chi connectivity index (χ0) is 20.8. The summed E-state index contributed by atoms with van der Waals surface area (Å²) in [7, 11) is 0. The van der Waals surface area contributed by atoms with Crippen molar-refractivity contribution in [1.29, 1.82) is 0 Å². The first kappa shape index (κ1) is 20.2. The quantitative estimate of drug-likeness (QED) is 0.357. The monoisotopic (exact) mass is 434 g/mol. The van der Waals surface area contributed by atoms with Crippen LogP contribution in [0.3, 0.4) is 0 Å². The maximum Gasteiger partial charge on any atom is -0.0321 e. The van der Waals surface area contributed by atoms with E-state index in [1.54, 1.807) is 116 Å². The second-order valence-corrected chi connectivity index (χ2v) is 14.9. The zero-order valence-corrected chi connectivity index (χ0v) is 20.8. The maximum absolute atomic E-state index is 1.70. The third-order valence-corrected chi connectivity index (χ3v) is 14.3. The van der Waals surface area contributed by atoms with Crippen molar-refractivity contribution in [3.8, 4) is 0 Å². The van der Waals surface area contributed by atoms with Gasteiger partial charge in [-0.05, 0) is 153 Å². The highest BCUT2D eigenvalue weighted by Crippen LogP contribution is 2.68.